The lowest BCUT2D eigenvalue weighted by Crippen LogP contribution is -2.29. The Morgan fingerprint density at radius 3 is 2.71 bits per heavy atom. The van der Waals surface area contributed by atoms with E-state index in [9.17, 15) is 14.9 Å². The van der Waals surface area contributed by atoms with E-state index in [1.807, 2.05) is 0 Å². The van der Waals surface area contributed by atoms with Crippen molar-refractivity contribution in [1.29, 1.82) is 0 Å². The second kappa shape index (κ2) is 5.49. The summed E-state index contributed by atoms with van der Waals surface area (Å²) in [6, 6.07) is 4.16. The van der Waals surface area contributed by atoms with Crippen LogP contribution in [0.1, 0.15) is 6.92 Å². The van der Waals surface area contributed by atoms with Crippen LogP contribution in [0.25, 0.3) is 0 Å². The summed E-state index contributed by atoms with van der Waals surface area (Å²) in [6.07, 6.45) is 0. The van der Waals surface area contributed by atoms with Gasteiger partial charge in [-0.05, 0) is 19.1 Å². The number of nitrogens with zero attached hydrogens (tertiary/aromatic N) is 2. The van der Waals surface area contributed by atoms with Crippen LogP contribution in [0.2, 0.25) is 5.02 Å². The van der Waals surface area contributed by atoms with Gasteiger partial charge in [0.05, 0.1) is 4.92 Å². The second-order valence-electron chi connectivity index (χ2n) is 3.30. The van der Waals surface area contributed by atoms with Crippen LogP contribution in [0.15, 0.2) is 18.2 Å². The minimum Gasteiger partial charge on any atom is -0.480 e. The number of likely N-dealkylation sites (N-methyl/N-ethyl adjacent to an activating group) is 1. The van der Waals surface area contributed by atoms with Gasteiger partial charge < -0.3 is 10.0 Å². The first-order chi connectivity index (χ1) is 7.95. The molecule has 17 heavy (non-hydrogen) atoms. The monoisotopic (exact) mass is 258 g/mol. The Hall–Kier alpha value is -1.82. The SMILES string of the molecule is CCN(CC(=O)O)c1ccc(Cl)cc1[N+](=O)[O-]. The van der Waals surface area contributed by atoms with Gasteiger partial charge in [0.2, 0.25) is 0 Å². The van der Waals surface area contributed by atoms with E-state index in [4.69, 9.17) is 16.7 Å². The van der Waals surface area contributed by atoms with E-state index in [1.54, 1.807) is 6.92 Å². The van der Waals surface area contributed by atoms with Gasteiger partial charge in [-0.3, -0.25) is 14.9 Å². The maximum Gasteiger partial charge on any atom is 0.323 e. The molecule has 7 heteroatoms. The first kappa shape index (κ1) is 13.2. The molecular formula is C10H11ClN2O4. The topological polar surface area (TPSA) is 83.7 Å². The Bertz CT molecular complexity index is 450. The zero-order chi connectivity index (χ0) is 13.0. The lowest BCUT2D eigenvalue weighted by Gasteiger charge is -2.20. The normalized spacial score (nSPS) is 10.0. The fourth-order valence-electron chi connectivity index (χ4n) is 1.44. The first-order valence-electron chi connectivity index (χ1n) is 4.86. The molecule has 1 aromatic carbocycles. The van der Waals surface area contributed by atoms with Gasteiger partial charge in [0.25, 0.3) is 5.69 Å². The van der Waals surface area contributed by atoms with E-state index in [0.717, 1.165) is 0 Å². The molecule has 0 unspecified atom stereocenters. The number of hydrogen-bond donors (Lipinski definition) is 1. The zero-order valence-corrected chi connectivity index (χ0v) is 9.85. The largest absolute Gasteiger partial charge is 0.480 e. The van der Waals surface area contributed by atoms with Crippen LogP contribution in [0.3, 0.4) is 0 Å². The number of hydrogen-bond acceptors (Lipinski definition) is 4. The molecular weight excluding hydrogens is 248 g/mol. The van der Waals surface area contributed by atoms with E-state index < -0.39 is 10.9 Å². The van der Waals surface area contributed by atoms with Crippen molar-refractivity contribution in [3.8, 4) is 0 Å². The summed E-state index contributed by atoms with van der Waals surface area (Å²) in [6.45, 7) is 1.79. The molecule has 0 saturated heterocycles. The third-order valence-electron chi connectivity index (χ3n) is 2.18. The minimum atomic E-state index is -1.05. The predicted molar refractivity (Wildman–Crippen MR) is 63.6 cm³/mol. The van der Waals surface area contributed by atoms with E-state index in [1.165, 1.54) is 23.1 Å². The second-order valence-corrected chi connectivity index (χ2v) is 3.73. The number of nitro benzene ring substituents is 1. The molecule has 0 bridgehead atoms. The Balaban J connectivity index is 3.18. The number of rotatable bonds is 5. The summed E-state index contributed by atoms with van der Waals surface area (Å²) < 4.78 is 0. The number of aliphatic carboxylic acids is 1. The summed E-state index contributed by atoms with van der Waals surface area (Å²) in [5.41, 5.74) is 0.0601. The molecule has 1 aromatic rings. The highest BCUT2D eigenvalue weighted by molar-refractivity contribution is 6.30. The van der Waals surface area contributed by atoms with Crippen molar-refractivity contribution in [2.24, 2.45) is 0 Å². The molecule has 0 fully saturated rings. The summed E-state index contributed by atoms with van der Waals surface area (Å²) in [7, 11) is 0. The van der Waals surface area contributed by atoms with Gasteiger partial charge in [0, 0.05) is 17.6 Å². The number of nitro groups is 1. The van der Waals surface area contributed by atoms with Crippen molar-refractivity contribution in [3.05, 3.63) is 33.3 Å². The maximum absolute atomic E-state index is 10.9. The smallest absolute Gasteiger partial charge is 0.323 e. The van der Waals surface area contributed by atoms with E-state index >= 15 is 0 Å². The Labute approximate surface area is 103 Å². The molecule has 1 N–H and O–H groups in total. The highest BCUT2D eigenvalue weighted by Crippen LogP contribution is 2.30. The van der Waals surface area contributed by atoms with Gasteiger partial charge in [0.1, 0.15) is 12.2 Å². The molecule has 92 valence electrons. The fourth-order valence-corrected chi connectivity index (χ4v) is 1.61. The third-order valence-corrected chi connectivity index (χ3v) is 2.42. The van der Waals surface area contributed by atoms with Crippen LogP contribution in [-0.4, -0.2) is 29.1 Å². The van der Waals surface area contributed by atoms with Crippen LogP contribution in [0.4, 0.5) is 11.4 Å². The third kappa shape index (κ3) is 3.32. The molecule has 0 radical (unpaired) electrons. The average molecular weight is 259 g/mol. The molecule has 0 heterocycles. The Kier molecular flexibility index (Phi) is 4.28. The summed E-state index contributed by atoms with van der Waals surface area (Å²) in [4.78, 5) is 22.3. The molecule has 6 nitrogen and oxygen atoms in total. The molecule has 0 aromatic heterocycles. The quantitative estimate of drug-likeness (QED) is 0.646. The van der Waals surface area contributed by atoms with Gasteiger partial charge >= 0.3 is 5.97 Å². The number of benzene rings is 1. The number of anilines is 1. The van der Waals surface area contributed by atoms with Gasteiger partial charge in [-0.15, -0.1) is 0 Å². The summed E-state index contributed by atoms with van der Waals surface area (Å²) in [5, 5.41) is 19.8. The van der Waals surface area contributed by atoms with Crippen molar-refractivity contribution in [3.63, 3.8) is 0 Å². The Morgan fingerprint density at radius 1 is 1.59 bits per heavy atom. The van der Waals surface area contributed by atoms with Crippen LogP contribution in [0, 0.1) is 10.1 Å². The van der Waals surface area contributed by atoms with Crippen LogP contribution in [0.5, 0.6) is 0 Å². The van der Waals surface area contributed by atoms with Crippen LogP contribution < -0.4 is 4.90 Å². The van der Waals surface area contributed by atoms with Gasteiger partial charge in [-0.25, -0.2) is 0 Å². The molecule has 0 aliphatic rings. The molecule has 0 atom stereocenters. The fraction of sp³-hybridized carbons (Fsp3) is 0.300. The van der Waals surface area contributed by atoms with Crippen LogP contribution >= 0.6 is 11.6 Å². The van der Waals surface area contributed by atoms with Crippen molar-refractivity contribution in [2.45, 2.75) is 6.92 Å². The van der Waals surface area contributed by atoms with Crippen molar-refractivity contribution in [2.75, 3.05) is 18.0 Å². The summed E-state index contributed by atoms with van der Waals surface area (Å²) >= 11 is 5.68. The highest BCUT2D eigenvalue weighted by Gasteiger charge is 2.20. The van der Waals surface area contributed by atoms with Crippen molar-refractivity contribution in [1.82, 2.24) is 0 Å². The van der Waals surface area contributed by atoms with Gasteiger partial charge in [0.15, 0.2) is 0 Å². The predicted octanol–water partition coefficient (Wildman–Crippen LogP) is 2.16. The molecule has 0 aliphatic carbocycles. The van der Waals surface area contributed by atoms with E-state index in [-0.39, 0.29) is 22.9 Å². The lowest BCUT2D eigenvalue weighted by molar-refractivity contribution is -0.384. The number of carbonyl (C=O) groups is 1. The molecule has 0 aliphatic heterocycles. The molecule has 0 amide bonds. The molecule has 0 saturated carbocycles. The van der Waals surface area contributed by atoms with Gasteiger partial charge in [-0.1, -0.05) is 11.6 Å². The lowest BCUT2D eigenvalue weighted by atomic mass is 10.2. The Morgan fingerprint density at radius 2 is 2.24 bits per heavy atom. The number of carboxylic acid groups (broad SMARTS) is 1. The minimum absolute atomic E-state index is 0.194. The molecule has 0 spiro atoms. The number of halogens is 1. The summed E-state index contributed by atoms with van der Waals surface area (Å²) in [5.74, 6) is -1.05. The maximum atomic E-state index is 10.9. The standard InChI is InChI=1S/C10H11ClN2O4/c1-2-12(6-10(14)15)8-4-3-7(11)5-9(8)13(16)17/h3-5H,2,6H2,1H3,(H,14,15). The van der Waals surface area contributed by atoms with E-state index in [0.29, 0.717) is 6.54 Å². The first-order valence-corrected chi connectivity index (χ1v) is 5.24. The number of carboxylic acids is 1. The van der Waals surface area contributed by atoms with Crippen molar-refractivity contribution >= 4 is 28.9 Å². The van der Waals surface area contributed by atoms with Gasteiger partial charge in [-0.2, -0.15) is 0 Å². The molecule has 1 rings (SSSR count). The highest BCUT2D eigenvalue weighted by atomic mass is 35.5. The van der Waals surface area contributed by atoms with E-state index in [2.05, 4.69) is 0 Å². The van der Waals surface area contributed by atoms with Crippen LogP contribution in [-0.2, 0) is 4.79 Å². The zero-order valence-electron chi connectivity index (χ0n) is 9.09. The van der Waals surface area contributed by atoms with Crippen molar-refractivity contribution < 1.29 is 14.8 Å². The average Bonchev–Trinajstić information content (AvgIpc) is 2.25.